The average molecular weight is 416 g/mol. The van der Waals surface area contributed by atoms with E-state index < -0.39 is 21.5 Å². The third kappa shape index (κ3) is 4.42. The summed E-state index contributed by atoms with van der Waals surface area (Å²) in [5.74, 6) is 0.175. The summed E-state index contributed by atoms with van der Waals surface area (Å²) in [4.78, 5) is 17.0. The molecule has 8 heteroatoms. The van der Waals surface area contributed by atoms with Crippen LogP contribution in [0.25, 0.3) is 4.91 Å². The molecule has 2 heterocycles. The Morgan fingerprint density at radius 3 is 2.34 bits per heavy atom. The molecule has 1 aromatic carbocycles. The number of nitrogens with zero attached hydrogens (tertiary/aromatic N) is 2. The highest BCUT2D eigenvalue weighted by Gasteiger charge is 2.49. The number of pyridine rings is 1. The van der Waals surface area contributed by atoms with E-state index >= 15 is 0 Å². The third-order valence-corrected chi connectivity index (χ3v) is 6.46. The Hall–Kier alpha value is -2.87. The van der Waals surface area contributed by atoms with Crippen molar-refractivity contribution in [2.24, 2.45) is 0 Å². The van der Waals surface area contributed by atoms with Crippen LogP contribution in [-0.2, 0) is 14.8 Å². The lowest BCUT2D eigenvalue weighted by atomic mass is 10.1. The first-order valence-electron chi connectivity index (χ1n) is 9.39. The first kappa shape index (κ1) is 20.9. The van der Waals surface area contributed by atoms with Crippen molar-refractivity contribution >= 4 is 20.8 Å². The van der Waals surface area contributed by atoms with Crippen molar-refractivity contribution in [1.29, 1.82) is 0 Å². The number of hydrogen-bond donors (Lipinski definition) is 1. The van der Waals surface area contributed by atoms with E-state index in [4.69, 9.17) is 4.74 Å². The van der Waals surface area contributed by atoms with Gasteiger partial charge in [-0.1, -0.05) is 30.3 Å². The minimum absolute atomic E-state index is 0.0214. The molecule has 3 rings (SSSR count). The molecule has 29 heavy (non-hydrogen) atoms. The van der Waals surface area contributed by atoms with Gasteiger partial charge in [0.1, 0.15) is 16.4 Å². The van der Waals surface area contributed by atoms with Gasteiger partial charge in [-0.05, 0) is 44.9 Å². The summed E-state index contributed by atoms with van der Waals surface area (Å²) in [5, 5.41) is 3.04. The van der Waals surface area contributed by atoms with Crippen LogP contribution in [0.15, 0.2) is 60.6 Å². The highest BCUT2D eigenvalue weighted by molar-refractivity contribution is 7.99. The zero-order valence-corrected chi connectivity index (χ0v) is 17.6. The molecule has 0 fully saturated rings. The van der Waals surface area contributed by atoms with Crippen molar-refractivity contribution in [2.45, 2.75) is 32.7 Å². The van der Waals surface area contributed by atoms with Crippen LogP contribution in [0.4, 0.5) is 0 Å². The van der Waals surface area contributed by atoms with E-state index in [1.54, 1.807) is 75.6 Å². The predicted molar refractivity (Wildman–Crippen MR) is 111 cm³/mol. The molecule has 0 radical (unpaired) electrons. The van der Waals surface area contributed by atoms with Gasteiger partial charge >= 0.3 is 0 Å². The Bertz CT molecular complexity index is 997. The van der Waals surface area contributed by atoms with E-state index in [9.17, 15) is 13.2 Å². The Labute approximate surface area is 171 Å². The number of amides is 1. The molecule has 0 saturated heterocycles. The maximum atomic E-state index is 13.2. The number of nitrogens with one attached hydrogen (secondary N) is 1. The molecule has 0 unspecified atom stereocenters. The van der Waals surface area contributed by atoms with Crippen LogP contribution in [-0.4, -0.2) is 42.3 Å². The minimum atomic E-state index is -3.96. The molecule has 0 spiro atoms. The molecule has 0 atom stereocenters. The summed E-state index contributed by atoms with van der Waals surface area (Å²) in [6.07, 6.45) is 3.89. The molecule has 1 aliphatic heterocycles. The topological polar surface area (TPSA) is 88.6 Å². The molecule has 0 saturated carbocycles. The van der Waals surface area contributed by atoms with Crippen molar-refractivity contribution in [3.63, 3.8) is 0 Å². The van der Waals surface area contributed by atoms with Crippen LogP contribution in [0, 0.1) is 0 Å². The van der Waals surface area contributed by atoms with Gasteiger partial charge in [0.25, 0.3) is 15.9 Å². The van der Waals surface area contributed by atoms with Crippen molar-refractivity contribution < 1.29 is 17.9 Å². The van der Waals surface area contributed by atoms with E-state index in [-0.39, 0.29) is 10.6 Å². The first-order valence-corrected chi connectivity index (χ1v) is 10.8. The molecular formula is C21H25N3O4S. The molecule has 1 amide bonds. The quantitative estimate of drug-likeness (QED) is 0.700. The van der Waals surface area contributed by atoms with E-state index in [2.05, 4.69) is 10.3 Å². The fourth-order valence-electron chi connectivity index (χ4n) is 3.14. The number of carbonyl (C=O) groups is 1. The van der Waals surface area contributed by atoms with Crippen LogP contribution in [0.1, 0.15) is 32.8 Å². The number of benzene rings is 1. The Morgan fingerprint density at radius 1 is 1.07 bits per heavy atom. The van der Waals surface area contributed by atoms with Crippen LogP contribution in [0.2, 0.25) is 0 Å². The summed E-state index contributed by atoms with van der Waals surface area (Å²) in [6.45, 7) is 5.94. The van der Waals surface area contributed by atoms with E-state index in [1.165, 1.54) is 0 Å². The summed E-state index contributed by atoms with van der Waals surface area (Å²) in [7, 11) is -3.96. The monoisotopic (exact) mass is 415 g/mol. The normalized spacial score (nSPS) is 16.2. The maximum Gasteiger partial charge on any atom is 0.285 e. The summed E-state index contributed by atoms with van der Waals surface area (Å²) in [5.41, 5.74) is -0.276. The van der Waals surface area contributed by atoms with Gasteiger partial charge < -0.3 is 10.1 Å². The Balaban J connectivity index is 1.79. The van der Waals surface area contributed by atoms with Gasteiger partial charge in [0.2, 0.25) is 0 Å². The molecule has 7 nitrogen and oxygen atoms in total. The third-order valence-electron chi connectivity index (χ3n) is 4.31. The largest absolute Gasteiger partial charge is 0.493 e. The number of carbonyl (C=O) groups excluding carboxylic acids is 1. The highest BCUT2D eigenvalue weighted by atomic mass is 32.2. The molecule has 1 aliphatic rings. The van der Waals surface area contributed by atoms with Crippen LogP contribution >= 0.6 is 0 Å². The smallest absolute Gasteiger partial charge is 0.285 e. The van der Waals surface area contributed by atoms with Gasteiger partial charge in [-0.3, -0.25) is 9.78 Å². The lowest BCUT2D eigenvalue weighted by Gasteiger charge is -2.30. The number of sulfonamides is 1. The first-order chi connectivity index (χ1) is 13.7. The molecule has 0 bridgehead atoms. The Kier molecular flexibility index (Phi) is 5.93. The highest BCUT2D eigenvalue weighted by Crippen LogP contribution is 2.38. The zero-order valence-electron chi connectivity index (χ0n) is 16.8. The molecule has 1 aromatic heterocycles. The van der Waals surface area contributed by atoms with Crippen LogP contribution in [0.3, 0.4) is 0 Å². The molecule has 0 aliphatic carbocycles. The van der Waals surface area contributed by atoms with Gasteiger partial charge in [-0.25, -0.2) is 12.7 Å². The average Bonchev–Trinajstić information content (AvgIpc) is 2.87. The maximum absolute atomic E-state index is 13.2. The molecular weight excluding hydrogens is 390 g/mol. The number of rotatable bonds is 7. The van der Waals surface area contributed by atoms with Crippen LogP contribution < -0.4 is 10.1 Å². The summed E-state index contributed by atoms with van der Waals surface area (Å²) < 4.78 is 33.0. The number of aromatic nitrogens is 1. The summed E-state index contributed by atoms with van der Waals surface area (Å²) in [6, 6.07) is 12.2. The van der Waals surface area contributed by atoms with Gasteiger partial charge in [0.15, 0.2) is 0 Å². The fourth-order valence-corrected chi connectivity index (χ4v) is 5.21. The van der Waals surface area contributed by atoms with E-state index in [0.29, 0.717) is 30.9 Å². The van der Waals surface area contributed by atoms with Crippen molar-refractivity contribution in [3.05, 3.63) is 66.1 Å². The minimum Gasteiger partial charge on any atom is -0.493 e. The molecule has 154 valence electrons. The zero-order chi connectivity index (χ0) is 21.1. The number of hydrogen-bond acceptors (Lipinski definition) is 6. The predicted octanol–water partition coefficient (Wildman–Crippen LogP) is 2.78. The SMILES string of the molecule is CC(C)(C)N1C(=O)C(NCCCOc2ccncc2)=C(c2ccccc2)S1(=O)=O. The molecule has 1 N–H and O–H groups in total. The standard InChI is InChI=1S/C21H25N3O4S/c1-21(2,3)24-20(25)18(19(29(24,26)27)16-8-5-4-6-9-16)23-12-7-15-28-17-10-13-22-14-11-17/h4-6,8-11,13-14,23H,7,12,15H2,1-3H3. The van der Waals surface area contributed by atoms with E-state index in [0.717, 1.165) is 4.31 Å². The second-order valence-corrected chi connectivity index (χ2v) is 9.35. The van der Waals surface area contributed by atoms with Crippen LogP contribution in [0.5, 0.6) is 5.75 Å². The second-order valence-electron chi connectivity index (χ2n) is 7.63. The lowest BCUT2D eigenvalue weighted by molar-refractivity contribution is -0.125. The molecule has 2 aromatic rings. The summed E-state index contributed by atoms with van der Waals surface area (Å²) >= 11 is 0. The van der Waals surface area contributed by atoms with Crippen molar-refractivity contribution in [3.8, 4) is 5.75 Å². The van der Waals surface area contributed by atoms with Crippen molar-refractivity contribution in [1.82, 2.24) is 14.6 Å². The van der Waals surface area contributed by atoms with Gasteiger partial charge in [-0.2, -0.15) is 0 Å². The van der Waals surface area contributed by atoms with E-state index in [1.807, 2.05) is 0 Å². The van der Waals surface area contributed by atoms with Gasteiger partial charge in [0, 0.05) is 18.9 Å². The Morgan fingerprint density at radius 2 is 1.72 bits per heavy atom. The van der Waals surface area contributed by atoms with Crippen molar-refractivity contribution in [2.75, 3.05) is 13.2 Å². The van der Waals surface area contributed by atoms with Gasteiger partial charge in [-0.15, -0.1) is 0 Å². The second kappa shape index (κ2) is 8.24. The number of ether oxygens (including phenoxy) is 1. The van der Waals surface area contributed by atoms with Gasteiger partial charge in [0.05, 0.1) is 12.1 Å². The fraction of sp³-hybridized carbons (Fsp3) is 0.333. The lowest BCUT2D eigenvalue weighted by Crippen LogP contribution is -2.46.